The second kappa shape index (κ2) is 6.79. The Hall–Kier alpha value is -3.29. The molecule has 1 fully saturated rings. The van der Waals surface area contributed by atoms with Crippen molar-refractivity contribution in [2.24, 2.45) is 0 Å². The van der Waals surface area contributed by atoms with Crippen molar-refractivity contribution in [2.45, 2.75) is 32.1 Å². The van der Waals surface area contributed by atoms with Crippen LogP contribution in [-0.2, 0) is 0 Å². The Labute approximate surface area is 155 Å². The van der Waals surface area contributed by atoms with Crippen molar-refractivity contribution in [1.82, 2.24) is 19.9 Å². The summed E-state index contributed by atoms with van der Waals surface area (Å²) in [6.45, 7) is 1.77. The molecule has 8 heteroatoms. The van der Waals surface area contributed by atoms with Gasteiger partial charge in [-0.05, 0) is 31.7 Å². The van der Waals surface area contributed by atoms with E-state index in [9.17, 15) is 0 Å². The van der Waals surface area contributed by atoms with Crippen LogP contribution in [0.5, 0.6) is 11.6 Å². The number of hydrogen-bond donors (Lipinski definition) is 2. The second-order valence-corrected chi connectivity index (χ2v) is 6.61. The highest BCUT2D eigenvalue weighted by molar-refractivity contribution is 5.64. The summed E-state index contributed by atoms with van der Waals surface area (Å²) in [5, 5.41) is 0. The molecule has 0 bridgehead atoms. The van der Waals surface area contributed by atoms with E-state index >= 15 is 4.39 Å². The number of aryl methyl sites for hydroxylation is 1. The van der Waals surface area contributed by atoms with E-state index in [4.69, 9.17) is 16.2 Å². The number of ether oxygens (including phenoxy) is 1. The molecule has 0 unspecified atom stereocenters. The maximum atomic E-state index is 15.4. The molecule has 0 aliphatic heterocycles. The van der Waals surface area contributed by atoms with Crippen LogP contribution in [0.1, 0.15) is 36.4 Å². The molecule has 0 saturated heterocycles. The fourth-order valence-electron chi connectivity index (χ4n) is 3.11. The quantitative estimate of drug-likeness (QED) is 0.725. The number of hydrogen-bond acceptors (Lipinski definition) is 7. The maximum Gasteiger partial charge on any atom is 0.224 e. The molecule has 138 valence electrons. The topological polar surface area (TPSA) is 113 Å². The number of nitrogens with two attached hydrogens (primary N) is 2. The minimum Gasteiger partial charge on any atom is -0.435 e. The summed E-state index contributed by atoms with van der Waals surface area (Å²) in [7, 11) is 0. The SMILES string of the molecule is Cc1cc(Oc2c(C3CCC3)ccc(-c3cnc(N)cn3)c2F)nc(N)n1. The van der Waals surface area contributed by atoms with E-state index in [2.05, 4.69) is 19.9 Å². The molecule has 0 radical (unpaired) electrons. The van der Waals surface area contributed by atoms with Gasteiger partial charge in [0.2, 0.25) is 11.8 Å². The molecule has 3 aromatic rings. The van der Waals surface area contributed by atoms with Crippen LogP contribution >= 0.6 is 0 Å². The Morgan fingerprint density at radius 1 is 1.11 bits per heavy atom. The number of nitrogens with zero attached hydrogens (tertiary/aromatic N) is 4. The summed E-state index contributed by atoms with van der Waals surface area (Å²) in [5.74, 6) is 0.466. The van der Waals surface area contributed by atoms with Crippen molar-refractivity contribution < 1.29 is 9.13 Å². The molecular weight excluding hydrogens is 347 g/mol. The van der Waals surface area contributed by atoms with Gasteiger partial charge in [-0.15, -0.1) is 0 Å². The van der Waals surface area contributed by atoms with E-state index in [0.717, 1.165) is 24.8 Å². The van der Waals surface area contributed by atoms with Gasteiger partial charge in [0.05, 0.1) is 18.1 Å². The Balaban J connectivity index is 1.80. The summed E-state index contributed by atoms with van der Waals surface area (Å²) in [5.41, 5.74) is 13.4. The Kier molecular flexibility index (Phi) is 4.31. The van der Waals surface area contributed by atoms with Crippen LogP contribution < -0.4 is 16.2 Å². The second-order valence-electron chi connectivity index (χ2n) is 6.61. The smallest absolute Gasteiger partial charge is 0.224 e. The Morgan fingerprint density at radius 3 is 2.56 bits per heavy atom. The molecule has 1 saturated carbocycles. The average molecular weight is 366 g/mol. The number of nitrogen functional groups attached to an aromatic ring is 2. The predicted molar refractivity (Wildman–Crippen MR) is 99.7 cm³/mol. The first-order chi connectivity index (χ1) is 13.0. The van der Waals surface area contributed by atoms with Crippen LogP contribution in [0.3, 0.4) is 0 Å². The summed E-state index contributed by atoms with van der Waals surface area (Å²) < 4.78 is 21.3. The van der Waals surface area contributed by atoms with E-state index in [1.54, 1.807) is 19.1 Å². The van der Waals surface area contributed by atoms with Gasteiger partial charge in [-0.3, -0.25) is 4.98 Å². The lowest BCUT2D eigenvalue weighted by molar-refractivity contribution is 0.378. The Morgan fingerprint density at radius 2 is 1.93 bits per heavy atom. The van der Waals surface area contributed by atoms with Crippen LogP contribution in [0, 0.1) is 12.7 Å². The van der Waals surface area contributed by atoms with E-state index in [1.807, 2.05) is 6.07 Å². The van der Waals surface area contributed by atoms with E-state index in [0.29, 0.717) is 17.0 Å². The lowest BCUT2D eigenvalue weighted by atomic mass is 9.79. The monoisotopic (exact) mass is 366 g/mol. The highest BCUT2D eigenvalue weighted by atomic mass is 19.1. The minimum atomic E-state index is -0.506. The fraction of sp³-hybridized carbons (Fsp3) is 0.263. The van der Waals surface area contributed by atoms with Crippen molar-refractivity contribution in [3.05, 3.63) is 47.7 Å². The van der Waals surface area contributed by atoms with Crippen molar-refractivity contribution >= 4 is 11.8 Å². The molecule has 4 N–H and O–H groups in total. The van der Waals surface area contributed by atoms with Gasteiger partial charge < -0.3 is 16.2 Å². The van der Waals surface area contributed by atoms with Gasteiger partial charge in [0.15, 0.2) is 11.6 Å². The minimum absolute atomic E-state index is 0.0798. The molecule has 2 aromatic heterocycles. The highest BCUT2D eigenvalue weighted by Crippen LogP contribution is 2.44. The summed E-state index contributed by atoms with van der Waals surface area (Å²) in [6, 6.07) is 5.21. The zero-order valence-corrected chi connectivity index (χ0v) is 14.8. The number of rotatable bonds is 4. The van der Waals surface area contributed by atoms with Crippen LogP contribution in [0.4, 0.5) is 16.2 Å². The van der Waals surface area contributed by atoms with E-state index in [-0.39, 0.29) is 29.3 Å². The molecule has 2 heterocycles. The van der Waals surface area contributed by atoms with Gasteiger partial charge in [-0.2, -0.15) is 4.98 Å². The van der Waals surface area contributed by atoms with Crippen LogP contribution in [0.15, 0.2) is 30.6 Å². The standard InChI is InChI=1S/C19H19FN6O/c1-10-7-16(26-19(22)25-10)27-18-12(11-3-2-4-11)5-6-13(17(18)20)14-8-24-15(21)9-23-14/h5-9,11H,2-4H2,1H3,(H2,21,24)(H2,22,25,26). The first-order valence-electron chi connectivity index (χ1n) is 8.70. The molecule has 0 spiro atoms. The number of benzene rings is 1. The largest absolute Gasteiger partial charge is 0.435 e. The van der Waals surface area contributed by atoms with E-state index < -0.39 is 5.82 Å². The molecule has 0 amide bonds. The van der Waals surface area contributed by atoms with Gasteiger partial charge in [0.25, 0.3) is 0 Å². The number of anilines is 2. The lowest BCUT2D eigenvalue weighted by Crippen LogP contribution is -2.11. The Bertz CT molecular complexity index is 968. The van der Waals surface area contributed by atoms with Gasteiger partial charge in [-0.25, -0.2) is 14.4 Å². The number of halogens is 1. The third kappa shape index (κ3) is 3.38. The van der Waals surface area contributed by atoms with Crippen molar-refractivity contribution in [3.63, 3.8) is 0 Å². The molecule has 7 nitrogen and oxygen atoms in total. The molecule has 1 aromatic carbocycles. The third-order valence-corrected chi connectivity index (χ3v) is 4.67. The zero-order valence-electron chi connectivity index (χ0n) is 14.8. The van der Waals surface area contributed by atoms with Crippen LogP contribution in [0.2, 0.25) is 0 Å². The predicted octanol–water partition coefficient (Wildman–Crippen LogP) is 3.61. The van der Waals surface area contributed by atoms with E-state index in [1.165, 1.54) is 12.4 Å². The summed E-state index contributed by atoms with van der Waals surface area (Å²) in [6.07, 6.45) is 5.96. The maximum absolute atomic E-state index is 15.4. The zero-order chi connectivity index (χ0) is 19.0. The van der Waals surface area contributed by atoms with Crippen molar-refractivity contribution in [3.8, 4) is 22.9 Å². The molecule has 1 aliphatic rings. The fourth-order valence-corrected chi connectivity index (χ4v) is 3.11. The molecule has 0 atom stereocenters. The number of aromatic nitrogens is 4. The average Bonchev–Trinajstić information content (AvgIpc) is 2.57. The molecule has 1 aliphatic carbocycles. The summed E-state index contributed by atoms with van der Waals surface area (Å²) >= 11 is 0. The van der Waals surface area contributed by atoms with Gasteiger partial charge >= 0.3 is 0 Å². The van der Waals surface area contributed by atoms with Crippen molar-refractivity contribution in [1.29, 1.82) is 0 Å². The highest BCUT2D eigenvalue weighted by Gasteiger charge is 2.27. The van der Waals surface area contributed by atoms with Gasteiger partial charge in [-0.1, -0.05) is 12.5 Å². The van der Waals surface area contributed by atoms with Crippen LogP contribution in [0.25, 0.3) is 11.3 Å². The van der Waals surface area contributed by atoms with Crippen molar-refractivity contribution in [2.75, 3.05) is 11.5 Å². The third-order valence-electron chi connectivity index (χ3n) is 4.67. The molecule has 4 rings (SSSR count). The van der Waals surface area contributed by atoms with Gasteiger partial charge in [0.1, 0.15) is 5.82 Å². The lowest BCUT2D eigenvalue weighted by Gasteiger charge is -2.28. The van der Waals surface area contributed by atoms with Crippen LogP contribution in [-0.4, -0.2) is 19.9 Å². The molecular formula is C19H19FN6O. The van der Waals surface area contributed by atoms with Gasteiger partial charge in [0, 0.05) is 22.9 Å². The normalized spacial score (nSPS) is 14.0. The first kappa shape index (κ1) is 17.1. The summed E-state index contributed by atoms with van der Waals surface area (Å²) in [4.78, 5) is 16.2. The first-order valence-corrected chi connectivity index (χ1v) is 8.70. The molecule has 27 heavy (non-hydrogen) atoms.